The predicted octanol–water partition coefficient (Wildman–Crippen LogP) is 3.01. The first-order chi connectivity index (χ1) is 17.4. The molecule has 2 aliphatic rings. The van der Waals surface area contributed by atoms with Crippen molar-refractivity contribution in [3.8, 4) is 5.69 Å². The zero-order valence-corrected chi connectivity index (χ0v) is 19.4. The van der Waals surface area contributed by atoms with Crippen LogP contribution in [0.5, 0.6) is 0 Å². The molecule has 2 N–H and O–H groups in total. The van der Waals surface area contributed by atoms with Crippen molar-refractivity contribution in [1.82, 2.24) is 29.6 Å². The molecule has 36 heavy (non-hydrogen) atoms. The van der Waals surface area contributed by atoms with Crippen LogP contribution in [0.15, 0.2) is 60.2 Å². The quantitative estimate of drug-likeness (QED) is 0.402. The normalized spacial score (nSPS) is 16.4. The lowest BCUT2D eigenvalue weighted by atomic mass is 10.0. The van der Waals surface area contributed by atoms with Crippen LogP contribution in [-0.4, -0.2) is 49.9 Å². The maximum atomic E-state index is 13.4. The number of alkyl halides is 2. The first-order valence-corrected chi connectivity index (χ1v) is 11.7. The number of nitrogens with one attached hydrogen (secondary N) is 2. The smallest absolute Gasteiger partial charge is 0.282 e. The number of fused-ring (bicyclic) bond motifs is 2. The van der Waals surface area contributed by atoms with E-state index in [0.29, 0.717) is 28.5 Å². The Labute approximate surface area is 205 Å². The summed E-state index contributed by atoms with van der Waals surface area (Å²) >= 11 is 0. The summed E-state index contributed by atoms with van der Waals surface area (Å²) in [6, 6.07) is 9.55. The molecule has 1 saturated heterocycles. The van der Waals surface area contributed by atoms with E-state index in [1.807, 2.05) is 6.07 Å². The van der Waals surface area contributed by atoms with Gasteiger partial charge in [-0.05, 0) is 42.3 Å². The molecule has 0 atom stereocenters. The van der Waals surface area contributed by atoms with Crippen LogP contribution < -0.4 is 21.1 Å². The van der Waals surface area contributed by atoms with Crippen molar-refractivity contribution in [2.45, 2.75) is 25.4 Å². The number of halogens is 2. The Morgan fingerprint density at radius 1 is 1.17 bits per heavy atom. The van der Waals surface area contributed by atoms with Crippen LogP contribution in [0.2, 0.25) is 0 Å². The van der Waals surface area contributed by atoms with Crippen molar-refractivity contribution in [2.75, 3.05) is 29.9 Å². The molecule has 4 aromatic rings. The minimum absolute atomic E-state index is 0.232. The Kier molecular flexibility index (Phi) is 5.29. The number of hydrogen-bond donors (Lipinski definition) is 2. The van der Waals surface area contributed by atoms with Crippen LogP contribution in [0.3, 0.4) is 0 Å². The third kappa shape index (κ3) is 3.91. The van der Waals surface area contributed by atoms with Crippen LogP contribution in [0.1, 0.15) is 11.1 Å². The van der Waals surface area contributed by atoms with Gasteiger partial charge in [-0.2, -0.15) is 4.98 Å². The van der Waals surface area contributed by atoms with E-state index >= 15 is 0 Å². The number of pyridine rings is 1. The summed E-state index contributed by atoms with van der Waals surface area (Å²) in [5, 5.41) is 6.95. The number of rotatable bonds is 6. The van der Waals surface area contributed by atoms with E-state index in [1.165, 1.54) is 33.1 Å². The van der Waals surface area contributed by atoms with Gasteiger partial charge in [0.25, 0.3) is 11.5 Å². The monoisotopic (exact) mass is 490 g/mol. The molecule has 5 heterocycles. The topological polar surface area (TPSA) is 92.9 Å². The van der Waals surface area contributed by atoms with Crippen molar-refractivity contribution < 1.29 is 8.78 Å². The lowest BCUT2D eigenvalue weighted by Crippen LogP contribution is -2.56. The second-order valence-corrected chi connectivity index (χ2v) is 9.04. The van der Waals surface area contributed by atoms with Gasteiger partial charge >= 0.3 is 0 Å². The molecule has 184 valence electrons. The average Bonchev–Trinajstić information content (AvgIpc) is 3.13. The SMILES string of the molecule is C=CCn1c(=O)c2cnc(Nc3ccc4c(c3)CCNC4)nc2n1-c1ccnc(N2CC(F)(F)C2)c1. The molecule has 11 heteroatoms. The van der Waals surface area contributed by atoms with Gasteiger partial charge in [0, 0.05) is 30.7 Å². The van der Waals surface area contributed by atoms with Gasteiger partial charge in [0.1, 0.15) is 11.2 Å². The van der Waals surface area contributed by atoms with Crippen molar-refractivity contribution in [1.29, 1.82) is 0 Å². The maximum Gasteiger partial charge on any atom is 0.282 e. The van der Waals surface area contributed by atoms with E-state index < -0.39 is 5.92 Å². The molecule has 0 bridgehead atoms. The maximum absolute atomic E-state index is 13.4. The molecular weight excluding hydrogens is 466 g/mol. The highest BCUT2D eigenvalue weighted by Gasteiger charge is 2.44. The van der Waals surface area contributed by atoms with Crippen molar-refractivity contribution in [2.24, 2.45) is 0 Å². The molecule has 0 aliphatic carbocycles. The van der Waals surface area contributed by atoms with E-state index in [2.05, 4.69) is 44.3 Å². The highest BCUT2D eigenvalue weighted by molar-refractivity contribution is 5.77. The highest BCUT2D eigenvalue weighted by Crippen LogP contribution is 2.31. The molecular formula is C25H24F2N8O. The Hall–Kier alpha value is -4.12. The summed E-state index contributed by atoms with van der Waals surface area (Å²) in [5.41, 5.74) is 4.11. The van der Waals surface area contributed by atoms with Gasteiger partial charge in [0.15, 0.2) is 5.65 Å². The minimum Gasteiger partial charge on any atom is -0.344 e. The van der Waals surface area contributed by atoms with Crippen LogP contribution in [0.25, 0.3) is 16.7 Å². The van der Waals surface area contributed by atoms with Crippen molar-refractivity contribution >= 4 is 28.5 Å². The fraction of sp³-hybridized carbons (Fsp3) is 0.280. The molecule has 1 aromatic carbocycles. The van der Waals surface area contributed by atoms with Crippen LogP contribution >= 0.6 is 0 Å². The number of allylic oxidation sites excluding steroid dienone is 1. The number of anilines is 3. The van der Waals surface area contributed by atoms with E-state index in [9.17, 15) is 13.6 Å². The first-order valence-electron chi connectivity index (χ1n) is 11.7. The highest BCUT2D eigenvalue weighted by atomic mass is 19.3. The molecule has 3 aromatic heterocycles. The third-order valence-electron chi connectivity index (χ3n) is 6.47. The number of hydrogen-bond acceptors (Lipinski definition) is 7. The molecule has 1 fully saturated rings. The van der Waals surface area contributed by atoms with E-state index in [4.69, 9.17) is 0 Å². The predicted molar refractivity (Wildman–Crippen MR) is 133 cm³/mol. The Morgan fingerprint density at radius 2 is 2.03 bits per heavy atom. The van der Waals surface area contributed by atoms with Gasteiger partial charge in [-0.25, -0.2) is 28.1 Å². The van der Waals surface area contributed by atoms with Gasteiger partial charge in [-0.3, -0.25) is 4.79 Å². The van der Waals surface area contributed by atoms with Gasteiger partial charge in [-0.15, -0.1) is 6.58 Å². The molecule has 6 rings (SSSR count). The van der Waals surface area contributed by atoms with Crippen LogP contribution in [0.4, 0.5) is 26.2 Å². The molecule has 2 aliphatic heterocycles. The Balaban J connectivity index is 1.41. The van der Waals surface area contributed by atoms with Gasteiger partial charge in [-0.1, -0.05) is 12.1 Å². The van der Waals surface area contributed by atoms with E-state index in [0.717, 1.165) is 25.2 Å². The summed E-state index contributed by atoms with van der Waals surface area (Å²) in [6.07, 6.45) is 5.60. The second kappa shape index (κ2) is 8.52. The standard InChI is InChI=1S/C25H24F2N8O/c1-2-9-34-23(36)20-13-30-24(31-18-4-3-17-12-28-7-5-16(17)10-18)32-22(20)35(34)19-6-8-29-21(11-19)33-14-25(26,27)15-33/h2-4,6,8,10-11,13,28H,1,5,7,9,12,14-15H2,(H,30,31,32). The number of nitrogens with zero attached hydrogens (tertiary/aromatic N) is 6. The Morgan fingerprint density at radius 3 is 2.83 bits per heavy atom. The largest absolute Gasteiger partial charge is 0.344 e. The molecule has 0 unspecified atom stereocenters. The molecule has 0 spiro atoms. The fourth-order valence-corrected chi connectivity index (χ4v) is 4.71. The van der Waals surface area contributed by atoms with Crippen molar-refractivity contribution in [3.05, 3.63) is 76.9 Å². The summed E-state index contributed by atoms with van der Waals surface area (Å²) in [7, 11) is 0. The van der Waals surface area contributed by atoms with E-state index in [1.54, 1.807) is 22.9 Å². The Bertz CT molecular complexity index is 1540. The summed E-state index contributed by atoms with van der Waals surface area (Å²) in [5.74, 6) is -1.96. The lowest BCUT2D eigenvalue weighted by molar-refractivity contribution is -0.0267. The fourth-order valence-electron chi connectivity index (χ4n) is 4.71. The number of aromatic nitrogens is 5. The summed E-state index contributed by atoms with van der Waals surface area (Å²) in [4.78, 5) is 28.0. The molecule has 0 amide bonds. The van der Waals surface area contributed by atoms with Crippen LogP contribution in [-0.2, 0) is 19.5 Å². The molecule has 0 radical (unpaired) electrons. The van der Waals surface area contributed by atoms with Crippen molar-refractivity contribution in [3.63, 3.8) is 0 Å². The minimum atomic E-state index is -2.72. The summed E-state index contributed by atoms with van der Waals surface area (Å²) in [6.45, 7) is 5.01. The zero-order valence-electron chi connectivity index (χ0n) is 19.4. The molecule has 0 saturated carbocycles. The van der Waals surface area contributed by atoms with Crippen LogP contribution in [0, 0.1) is 0 Å². The van der Waals surface area contributed by atoms with Gasteiger partial charge in [0.05, 0.1) is 25.3 Å². The molecule has 9 nitrogen and oxygen atoms in total. The second-order valence-electron chi connectivity index (χ2n) is 9.04. The van der Waals surface area contributed by atoms with E-state index in [-0.39, 0.29) is 25.2 Å². The summed E-state index contributed by atoms with van der Waals surface area (Å²) < 4.78 is 30.0. The third-order valence-corrected chi connectivity index (χ3v) is 6.47. The lowest BCUT2D eigenvalue weighted by Gasteiger charge is -2.39. The number of benzene rings is 1. The van der Waals surface area contributed by atoms with Gasteiger partial charge in [0.2, 0.25) is 5.95 Å². The van der Waals surface area contributed by atoms with Gasteiger partial charge < -0.3 is 15.5 Å². The first kappa shape index (κ1) is 22.4. The zero-order chi connectivity index (χ0) is 24.9. The average molecular weight is 491 g/mol.